The molecule has 0 heterocycles. The van der Waals surface area contributed by atoms with E-state index >= 15 is 0 Å². The summed E-state index contributed by atoms with van der Waals surface area (Å²) >= 11 is 0. The topological polar surface area (TPSA) is 78.9 Å². The second-order valence-electron chi connectivity index (χ2n) is 18.1. The van der Waals surface area contributed by atoms with Crippen molar-refractivity contribution in [3.8, 4) is 0 Å². The SMILES string of the molecule is CCCCC/C=C\C/C=C\C/C=C\C/C=C\CCCC(=O)OC[C@@H](COC(=O)CCCCCCC/C=C\C/C=C\CCCCC)OC(=O)CCCCCCCCC/C=C\C/C=C\CCCCC. The molecule has 0 fully saturated rings. The summed E-state index contributed by atoms with van der Waals surface area (Å²) < 4.78 is 16.8. The van der Waals surface area contributed by atoms with E-state index in [9.17, 15) is 14.4 Å². The van der Waals surface area contributed by atoms with Crippen molar-refractivity contribution in [1.82, 2.24) is 0 Å². The maximum absolute atomic E-state index is 12.8. The van der Waals surface area contributed by atoms with Gasteiger partial charge in [-0.05, 0) is 122 Å². The maximum Gasteiger partial charge on any atom is 0.306 e. The zero-order valence-electron chi connectivity index (χ0n) is 43.6. The second-order valence-corrected chi connectivity index (χ2v) is 18.1. The monoisotopic (exact) mass is 931 g/mol. The van der Waals surface area contributed by atoms with Crippen LogP contribution in [0.2, 0.25) is 0 Å². The van der Waals surface area contributed by atoms with Gasteiger partial charge in [0.25, 0.3) is 0 Å². The van der Waals surface area contributed by atoms with Gasteiger partial charge in [0.05, 0.1) is 0 Å². The molecule has 1 atom stereocenters. The van der Waals surface area contributed by atoms with Gasteiger partial charge in [-0.15, -0.1) is 0 Å². The van der Waals surface area contributed by atoms with Crippen molar-refractivity contribution >= 4 is 17.9 Å². The fourth-order valence-electron chi connectivity index (χ4n) is 7.32. The average molecular weight is 931 g/mol. The Balaban J connectivity index is 4.52. The van der Waals surface area contributed by atoms with E-state index < -0.39 is 6.10 Å². The first kappa shape index (κ1) is 63.3. The molecule has 0 radical (unpaired) electrons. The van der Waals surface area contributed by atoms with Crippen molar-refractivity contribution in [3.63, 3.8) is 0 Å². The number of carbonyl (C=O) groups is 3. The summed E-state index contributed by atoms with van der Waals surface area (Å²) in [6.45, 7) is 6.49. The van der Waals surface area contributed by atoms with Gasteiger partial charge in [-0.2, -0.15) is 0 Å². The molecular weight excluding hydrogens is 829 g/mol. The Kier molecular flexibility index (Phi) is 51.9. The van der Waals surface area contributed by atoms with Crippen LogP contribution in [0, 0.1) is 0 Å². The molecule has 0 aliphatic carbocycles. The fraction of sp³-hybridized carbons (Fsp3) is 0.689. The molecule has 0 aromatic heterocycles. The Hall–Kier alpha value is -3.67. The molecular formula is C61H102O6. The van der Waals surface area contributed by atoms with Crippen molar-refractivity contribution in [3.05, 3.63) is 97.2 Å². The molecule has 0 aromatic rings. The lowest BCUT2D eigenvalue weighted by Gasteiger charge is -2.18. The third kappa shape index (κ3) is 53.2. The van der Waals surface area contributed by atoms with Gasteiger partial charge in [-0.1, -0.05) is 208 Å². The average Bonchev–Trinajstić information content (AvgIpc) is 3.33. The number of esters is 3. The maximum atomic E-state index is 12.8. The largest absolute Gasteiger partial charge is 0.462 e. The summed E-state index contributed by atoms with van der Waals surface area (Å²) in [6.07, 6.45) is 72.5. The number of ether oxygens (including phenoxy) is 3. The zero-order valence-corrected chi connectivity index (χ0v) is 43.6. The number of hydrogen-bond donors (Lipinski definition) is 0. The predicted octanol–water partition coefficient (Wildman–Crippen LogP) is 18.5. The van der Waals surface area contributed by atoms with Gasteiger partial charge in [0, 0.05) is 19.3 Å². The second kappa shape index (κ2) is 54.9. The van der Waals surface area contributed by atoms with E-state index in [1.165, 1.54) is 103 Å². The van der Waals surface area contributed by atoms with Crippen LogP contribution >= 0.6 is 0 Å². The summed E-state index contributed by atoms with van der Waals surface area (Å²) in [6, 6.07) is 0. The van der Waals surface area contributed by atoms with E-state index in [2.05, 4.69) is 118 Å². The number of carbonyl (C=O) groups excluding carboxylic acids is 3. The summed E-state index contributed by atoms with van der Waals surface area (Å²) in [5.41, 5.74) is 0. The highest BCUT2D eigenvalue weighted by Gasteiger charge is 2.19. The van der Waals surface area contributed by atoms with Crippen LogP contribution in [0.5, 0.6) is 0 Å². The van der Waals surface area contributed by atoms with Crippen molar-refractivity contribution in [2.45, 2.75) is 258 Å². The van der Waals surface area contributed by atoms with E-state index in [1.54, 1.807) is 0 Å². The molecule has 382 valence electrons. The Morgan fingerprint density at radius 1 is 0.299 bits per heavy atom. The lowest BCUT2D eigenvalue weighted by atomic mass is 10.1. The van der Waals surface area contributed by atoms with Gasteiger partial charge in [-0.25, -0.2) is 0 Å². The van der Waals surface area contributed by atoms with Crippen molar-refractivity contribution in [2.24, 2.45) is 0 Å². The zero-order chi connectivity index (χ0) is 48.6. The molecule has 0 rings (SSSR count). The third-order valence-corrected chi connectivity index (χ3v) is 11.5. The van der Waals surface area contributed by atoms with Crippen molar-refractivity contribution in [2.75, 3.05) is 13.2 Å². The Bertz CT molecular complexity index is 1350. The first-order valence-corrected chi connectivity index (χ1v) is 27.7. The normalized spacial score (nSPS) is 12.8. The molecule has 0 saturated heterocycles. The molecule has 0 amide bonds. The molecule has 6 nitrogen and oxygen atoms in total. The van der Waals surface area contributed by atoms with E-state index in [1.807, 2.05) is 0 Å². The molecule has 0 N–H and O–H groups in total. The lowest BCUT2D eigenvalue weighted by molar-refractivity contribution is -0.167. The van der Waals surface area contributed by atoms with Crippen LogP contribution in [0.25, 0.3) is 0 Å². The van der Waals surface area contributed by atoms with E-state index in [0.717, 1.165) is 103 Å². The van der Waals surface area contributed by atoms with Gasteiger partial charge >= 0.3 is 17.9 Å². The fourth-order valence-corrected chi connectivity index (χ4v) is 7.32. The molecule has 0 spiro atoms. The summed E-state index contributed by atoms with van der Waals surface area (Å²) in [7, 11) is 0. The smallest absolute Gasteiger partial charge is 0.306 e. The minimum atomic E-state index is -0.811. The molecule has 0 aliphatic heterocycles. The highest BCUT2D eigenvalue weighted by atomic mass is 16.6. The number of allylic oxidation sites excluding steroid dienone is 16. The van der Waals surface area contributed by atoms with E-state index in [4.69, 9.17) is 14.2 Å². The third-order valence-electron chi connectivity index (χ3n) is 11.5. The Morgan fingerprint density at radius 2 is 0.552 bits per heavy atom. The van der Waals surface area contributed by atoms with Gasteiger partial charge in [0.15, 0.2) is 6.10 Å². The quantitative estimate of drug-likeness (QED) is 0.0262. The standard InChI is InChI=1S/C61H102O6/c1-4-7-10-13-16-19-22-25-28-30-33-36-39-42-45-48-51-54-60(63)66-57-58(56-65-59(62)53-50-47-44-41-38-35-32-27-24-21-18-15-12-9-6-3)67-61(64)55-52-49-46-43-40-37-34-31-29-26-23-20-17-14-11-8-5-2/h16-21,25-29,32-33,36,42,45,58H,4-15,22-24,30-31,34-35,37-41,43-44,46-57H2,1-3H3/b19-16-,20-17-,21-18-,28-25-,29-26-,32-27-,36-33-,45-42-/t58-/m1/s1. The number of unbranched alkanes of at least 4 members (excludes halogenated alkanes) is 22. The van der Waals surface area contributed by atoms with Crippen LogP contribution in [0.3, 0.4) is 0 Å². The van der Waals surface area contributed by atoms with Gasteiger partial charge in [0.2, 0.25) is 0 Å². The van der Waals surface area contributed by atoms with E-state index in [-0.39, 0.29) is 37.5 Å². The van der Waals surface area contributed by atoms with Crippen molar-refractivity contribution < 1.29 is 28.6 Å². The molecule has 0 bridgehead atoms. The van der Waals surface area contributed by atoms with Crippen LogP contribution < -0.4 is 0 Å². The molecule has 0 saturated carbocycles. The predicted molar refractivity (Wildman–Crippen MR) is 288 cm³/mol. The summed E-state index contributed by atoms with van der Waals surface area (Å²) in [5, 5.41) is 0. The van der Waals surface area contributed by atoms with Crippen LogP contribution in [-0.4, -0.2) is 37.2 Å². The Morgan fingerprint density at radius 3 is 0.896 bits per heavy atom. The van der Waals surface area contributed by atoms with Crippen molar-refractivity contribution in [1.29, 1.82) is 0 Å². The van der Waals surface area contributed by atoms with Gasteiger partial charge in [0.1, 0.15) is 13.2 Å². The van der Waals surface area contributed by atoms with Crippen LogP contribution in [0.4, 0.5) is 0 Å². The summed E-state index contributed by atoms with van der Waals surface area (Å²) in [4.78, 5) is 38.1. The minimum Gasteiger partial charge on any atom is -0.462 e. The molecule has 0 aliphatic rings. The molecule has 6 heteroatoms. The highest BCUT2D eigenvalue weighted by molar-refractivity contribution is 5.71. The number of rotatable bonds is 49. The van der Waals surface area contributed by atoms with Gasteiger partial charge in [-0.3, -0.25) is 14.4 Å². The first-order valence-electron chi connectivity index (χ1n) is 27.7. The van der Waals surface area contributed by atoms with Crippen LogP contribution in [0.1, 0.15) is 252 Å². The molecule has 0 unspecified atom stereocenters. The minimum absolute atomic E-state index is 0.106. The highest BCUT2D eigenvalue weighted by Crippen LogP contribution is 2.13. The molecule has 0 aromatic carbocycles. The Labute approximate surface area is 413 Å². The van der Waals surface area contributed by atoms with Crippen LogP contribution in [-0.2, 0) is 28.6 Å². The molecule has 67 heavy (non-hydrogen) atoms. The van der Waals surface area contributed by atoms with Crippen LogP contribution in [0.15, 0.2) is 97.2 Å². The summed E-state index contributed by atoms with van der Waals surface area (Å²) in [5.74, 6) is -0.984. The number of hydrogen-bond acceptors (Lipinski definition) is 6. The van der Waals surface area contributed by atoms with Gasteiger partial charge < -0.3 is 14.2 Å². The van der Waals surface area contributed by atoms with E-state index in [0.29, 0.717) is 19.3 Å². The lowest BCUT2D eigenvalue weighted by Crippen LogP contribution is -2.30. The first-order chi connectivity index (χ1) is 33.0.